The number of aromatic nitrogens is 1. The molecule has 0 spiro atoms. The summed E-state index contributed by atoms with van der Waals surface area (Å²) in [5.74, 6) is 0.157. The largest absolute Gasteiger partial charge is 0.311 e. The van der Waals surface area contributed by atoms with Crippen molar-refractivity contribution >= 4 is 44.7 Å². The minimum Gasteiger partial charge on any atom is -0.311 e. The van der Waals surface area contributed by atoms with Gasteiger partial charge in [0.05, 0.1) is 25.9 Å². The molecule has 3 nitrogen and oxygen atoms in total. The van der Waals surface area contributed by atoms with E-state index in [1.807, 2.05) is 30.9 Å². The smallest absolute Gasteiger partial charge is 0.226 e. The molecule has 4 rings (SSSR count). The van der Waals surface area contributed by atoms with Gasteiger partial charge in [-0.1, -0.05) is 36.7 Å². The highest BCUT2D eigenvalue weighted by Gasteiger charge is 2.23. The van der Waals surface area contributed by atoms with E-state index in [2.05, 4.69) is 36.2 Å². The third kappa shape index (κ3) is 4.08. The van der Waals surface area contributed by atoms with Crippen LogP contribution in [-0.4, -0.2) is 17.4 Å². The highest BCUT2D eigenvalue weighted by Crippen LogP contribution is 2.34. The summed E-state index contributed by atoms with van der Waals surface area (Å²) in [6.07, 6.45) is 2.58. The van der Waals surface area contributed by atoms with Crippen LogP contribution in [-0.2, 0) is 11.2 Å². The maximum atomic E-state index is 11.7. The third-order valence-corrected chi connectivity index (χ3v) is 5.68. The van der Waals surface area contributed by atoms with Crippen LogP contribution in [0.2, 0.25) is 5.02 Å². The molecule has 1 amide bonds. The first-order valence-electron chi connectivity index (χ1n) is 8.91. The van der Waals surface area contributed by atoms with Crippen molar-refractivity contribution in [1.82, 2.24) is 4.98 Å². The minimum absolute atomic E-state index is 0.157. The highest BCUT2D eigenvalue weighted by molar-refractivity contribution is 7.18. The Morgan fingerprint density at radius 2 is 2.08 bits per heavy atom. The number of thiazole rings is 1. The zero-order valence-corrected chi connectivity index (χ0v) is 17.0. The van der Waals surface area contributed by atoms with E-state index in [9.17, 15) is 4.79 Å². The summed E-state index contributed by atoms with van der Waals surface area (Å²) in [6.45, 7) is 6.81. The Bertz CT molecular complexity index is 935. The van der Waals surface area contributed by atoms with Gasteiger partial charge in [0, 0.05) is 13.0 Å². The molecule has 0 N–H and O–H groups in total. The van der Waals surface area contributed by atoms with Gasteiger partial charge in [-0.3, -0.25) is 4.79 Å². The van der Waals surface area contributed by atoms with E-state index in [0.717, 1.165) is 35.6 Å². The molecular formula is C21H23ClN2OS. The van der Waals surface area contributed by atoms with Gasteiger partial charge >= 0.3 is 0 Å². The van der Waals surface area contributed by atoms with E-state index in [0.29, 0.717) is 11.4 Å². The Balaban J connectivity index is 0.000000158. The van der Waals surface area contributed by atoms with Crippen LogP contribution in [0.1, 0.15) is 35.9 Å². The highest BCUT2D eigenvalue weighted by atomic mass is 35.5. The predicted molar refractivity (Wildman–Crippen MR) is 112 cm³/mol. The maximum absolute atomic E-state index is 11.7. The number of hydrogen-bond acceptors (Lipinski definition) is 3. The molecule has 0 fully saturated rings. The zero-order valence-electron chi connectivity index (χ0n) is 15.4. The van der Waals surface area contributed by atoms with Crippen molar-refractivity contribution in [3.8, 4) is 0 Å². The van der Waals surface area contributed by atoms with Crippen LogP contribution >= 0.6 is 22.9 Å². The van der Waals surface area contributed by atoms with Crippen molar-refractivity contribution in [1.29, 1.82) is 0 Å². The summed E-state index contributed by atoms with van der Waals surface area (Å²) in [5.41, 5.74) is 4.53. The van der Waals surface area contributed by atoms with Crippen LogP contribution in [0.15, 0.2) is 36.4 Å². The molecule has 0 radical (unpaired) electrons. The van der Waals surface area contributed by atoms with Gasteiger partial charge in [0.15, 0.2) is 0 Å². The molecule has 136 valence electrons. The Morgan fingerprint density at radius 3 is 2.85 bits per heavy atom. The topological polar surface area (TPSA) is 33.2 Å². The third-order valence-electron chi connectivity index (χ3n) is 4.42. The molecule has 0 saturated carbocycles. The van der Waals surface area contributed by atoms with Gasteiger partial charge < -0.3 is 4.90 Å². The molecule has 0 unspecified atom stereocenters. The standard InChI is InChI=1S/C12H14ClNO.C9H9NS/c1-2-11(15)14-8-4-6-9-5-3-7-10(13)12(9)14;1-6-3-4-9-8(5-6)10-7(2)11-9/h3,5,7H,2,4,6,8H2,1H3;3-5H,1-2H3. The number of carbonyl (C=O) groups excluding carboxylic acids is 1. The maximum Gasteiger partial charge on any atom is 0.226 e. The number of fused-ring (bicyclic) bond motifs is 2. The number of carbonyl (C=O) groups is 1. The lowest BCUT2D eigenvalue weighted by molar-refractivity contribution is -0.118. The van der Waals surface area contributed by atoms with E-state index in [1.165, 1.54) is 15.8 Å². The fourth-order valence-electron chi connectivity index (χ4n) is 3.20. The lowest BCUT2D eigenvalue weighted by Crippen LogP contribution is -2.35. The SMILES string of the molecule is CCC(=O)N1CCCc2cccc(Cl)c21.Cc1ccc2sc(C)nc2c1. The Kier molecular flexibility index (Phi) is 5.94. The van der Waals surface area contributed by atoms with Gasteiger partial charge in [0.1, 0.15) is 0 Å². The molecule has 3 aromatic rings. The summed E-state index contributed by atoms with van der Waals surface area (Å²) in [4.78, 5) is 18.0. The van der Waals surface area contributed by atoms with Crippen LogP contribution in [0.5, 0.6) is 0 Å². The molecular weight excluding hydrogens is 364 g/mol. The summed E-state index contributed by atoms with van der Waals surface area (Å²) in [5, 5.41) is 1.83. The first-order valence-corrected chi connectivity index (χ1v) is 10.1. The van der Waals surface area contributed by atoms with Crippen molar-refractivity contribution in [3.63, 3.8) is 0 Å². The van der Waals surface area contributed by atoms with Crippen molar-refractivity contribution in [2.75, 3.05) is 11.4 Å². The summed E-state index contributed by atoms with van der Waals surface area (Å²) >= 11 is 7.89. The molecule has 2 aromatic carbocycles. The number of rotatable bonds is 1. The molecule has 0 aliphatic carbocycles. The molecule has 0 saturated heterocycles. The Morgan fingerprint density at radius 1 is 1.27 bits per heavy atom. The normalized spacial score (nSPS) is 13.2. The van der Waals surface area contributed by atoms with Gasteiger partial charge in [0.2, 0.25) is 5.91 Å². The number of nitrogens with zero attached hydrogens (tertiary/aromatic N) is 2. The molecule has 5 heteroatoms. The number of aryl methyl sites for hydroxylation is 3. The van der Waals surface area contributed by atoms with Gasteiger partial charge in [-0.05, 0) is 56.0 Å². The van der Waals surface area contributed by atoms with Crippen molar-refractivity contribution < 1.29 is 4.79 Å². The second-order valence-corrected chi connectivity index (χ2v) is 8.10. The number of para-hydroxylation sites is 1. The summed E-state index contributed by atoms with van der Waals surface area (Å²) in [7, 11) is 0. The van der Waals surface area contributed by atoms with Crippen LogP contribution in [0.3, 0.4) is 0 Å². The lowest BCUT2D eigenvalue weighted by Gasteiger charge is -2.30. The zero-order chi connectivity index (χ0) is 18.7. The molecule has 1 aromatic heterocycles. The van der Waals surface area contributed by atoms with Crippen molar-refractivity contribution in [3.05, 3.63) is 57.6 Å². The van der Waals surface area contributed by atoms with Crippen LogP contribution in [0.25, 0.3) is 10.2 Å². The molecule has 0 bridgehead atoms. The van der Waals surface area contributed by atoms with Gasteiger partial charge in [-0.2, -0.15) is 0 Å². The minimum atomic E-state index is 0.157. The Labute approximate surface area is 163 Å². The molecule has 2 heterocycles. The van der Waals surface area contributed by atoms with Gasteiger partial charge in [0.25, 0.3) is 0 Å². The number of amides is 1. The lowest BCUT2D eigenvalue weighted by atomic mass is 10.0. The fourth-order valence-corrected chi connectivity index (χ4v) is 4.30. The van der Waals surface area contributed by atoms with Gasteiger partial charge in [-0.25, -0.2) is 4.98 Å². The van der Waals surface area contributed by atoms with Crippen LogP contribution < -0.4 is 4.90 Å². The molecule has 26 heavy (non-hydrogen) atoms. The van der Waals surface area contributed by atoms with Crippen LogP contribution in [0.4, 0.5) is 5.69 Å². The average molecular weight is 387 g/mol. The first-order chi connectivity index (χ1) is 12.5. The van der Waals surface area contributed by atoms with Crippen molar-refractivity contribution in [2.45, 2.75) is 40.0 Å². The van der Waals surface area contributed by atoms with Crippen LogP contribution in [0, 0.1) is 13.8 Å². The monoisotopic (exact) mass is 386 g/mol. The summed E-state index contributed by atoms with van der Waals surface area (Å²) < 4.78 is 1.29. The molecule has 0 atom stereocenters. The van der Waals surface area contributed by atoms with E-state index >= 15 is 0 Å². The van der Waals surface area contributed by atoms with Crippen molar-refractivity contribution in [2.24, 2.45) is 0 Å². The summed E-state index contributed by atoms with van der Waals surface area (Å²) in [6, 6.07) is 12.2. The number of benzene rings is 2. The first kappa shape index (κ1) is 18.9. The van der Waals surface area contributed by atoms with E-state index < -0.39 is 0 Å². The average Bonchev–Trinajstić information content (AvgIpc) is 3.00. The van der Waals surface area contributed by atoms with E-state index in [1.54, 1.807) is 11.3 Å². The van der Waals surface area contributed by atoms with E-state index in [4.69, 9.17) is 11.6 Å². The fraction of sp³-hybridized carbons (Fsp3) is 0.333. The number of hydrogen-bond donors (Lipinski definition) is 0. The second-order valence-electron chi connectivity index (χ2n) is 6.45. The molecule has 1 aliphatic rings. The Hall–Kier alpha value is -1.91. The number of halogens is 1. The number of anilines is 1. The van der Waals surface area contributed by atoms with E-state index in [-0.39, 0.29) is 5.91 Å². The molecule has 1 aliphatic heterocycles. The second kappa shape index (κ2) is 8.19. The predicted octanol–water partition coefficient (Wildman–Crippen LogP) is 5.94. The quantitative estimate of drug-likeness (QED) is 0.518. The van der Waals surface area contributed by atoms with Gasteiger partial charge in [-0.15, -0.1) is 11.3 Å².